The first-order valence-corrected chi connectivity index (χ1v) is 6.34. The number of anilines is 1. The van der Waals surface area contributed by atoms with Gasteiger partial charge in [0.2, 0.25) is 0 Å². The second-order valence-electron chi connectivity index (χ2n) is 4.09. The minimum absolute atomic E-state index is 0.0231. The molecule has 1 fully saturated rings. The molecule has 0 atom stereocenters. The predicted molar refractivity (Wildman–Crippen MR) is 67.2 cm³/mol. The van der Waals surface area contributed by atoms with Crippen LogP contribution < -0.4 is 5.32 Å². The first kappa shape index (κ1) is 10.5. The maximum atomic E-state index is 11.9. The highest BCUT2D eigenvalue weighted by Gasteiger charge is 2.17. The Bertz CT molecular complexity index is 547. The van der Waals surface area contributed by atoms with Crippen molar-refractivity contribution in [2.24, 2.45) is 0 Å². The lowest BCUT2D eigenvalue weighted by Crippen LogP contribution is -2.32. The lowest BCUT2D eigenvalue weighted by atomic mass is 10.3. The van der Waals surface area contributed by atoms with Gasteiger partial charge in [0.05, 0.1) is 11.7 Å². The summed E-state index contributed by atoms with van der Waals surface area (Å²) in [4.78, 5) is 13.7. The Kier molecular flexibility index (Phi) is 2.64. The van der Waals surface area contributed by atoms with E-state index in [9.17, 15) is 4.79 Å². The Balaban J connectivity index is 1.77. The number of rotatable bonds is 1. The van der Waals surface area contributed by atoms with Gasteiger partial charge in [-0.3, -0.25) is 0 Å². The molecule has 0 aliphatic carbocycles. The van der Waals surface area contributed by atoms with Crippen LogP contribution in [0.25, 0.3) is 11.0 Å². The number of nitrogens with zero attached hydrogens (tertiary/aromatic N) is 3. The van der Waals surface area contributed by atoms with Gasteiger partial charge in [0.15, 0.2) is 0 Å². The summed E-state index contributed by atoms with van der Waals surface area (Å²) in [7, 11) is 0. The summed E-state index contributed by atoms with van der Waals surface area (Å²) in [6.07, 6.45) is 2.20. The number of amides is 2. The third-order valence-electron chi connectivity index (χ3n) is 2.90. The van der Waals surface area contributed by atoms with Gasteiger partial charge in [-0.1, -0.05) is 0 Å². The number of hydrogen-bond donors (Lipinski definition) is 1. The van der Waals surface area contributed by atoms with Crippen LogP contribution in [0, 0.1) is 0 Å². The number of carbonyl (C=O) groups is 1. The van der Waals surface area contributed by atoms with E-state index < -0.39 is 0 Å². The maximum absolute atomic E-state index is 11.9. The van der Waals surface area contributed by atoms with Gasteiger partial charge < -0.3 is 10.2 Å². The molecule has 1 aliphatic heterocycles. The monoisotopic (exact) mass is 248 g/mol. The molecular formula is C11H12N4OS. The zero-order chi connectivity index (χ0) is 11.7. The van der Waals surface area contributed by atoms with E-state index in [0.717, 1.165) is 42.7 Å². The summed E-state index contributed by atoms with van der Waals surface area (Å²) < 4.78 is 8.27. The van der Waals surface area contributed by atoms with Crippen molar-refractivity contribution in [3.63, 3.8) is 0 Å². The molecule has 1 saturated heterocycles. The van der Waals surface area contributed by atoms with E-state index in [0.29, 0.717) is 0 Å². The summed E-state index contributed by atoms with van der Waals surface area (Å²) in [5.41, 5.74) is 2.48. The number of hydrogen-bond acceptors (Lipinski definition) is 4. The quantitative estimate of drug-likeness (QED) is 0.842. The van der Waals surface area contributed by atoms with Crippen LogP contribution in [0.4, 0.5) is 10.5 Å². The highest BCUT2D eigenvalue weighted by atomic mass is 32.1. The van der Waals surface area contributed by atoms with E-state index in [1.54, 1.807) is 0 Å². The summed E-state index contributed by atoms with van der Waals surface area (Å²) >= 11 is 1.18. The zero-order valence-electron chi connectivity index (χ0n) is 9.22. The second kappa shape index (κ2) is 4.29. The number of likely N-dealkylation sites (tertiary alicyclic amines) is 1. The largest absolute Gasteiger partial charge is 0.325 e. The minimum Gasteiger partial charge on any atom is -0.325 e. The Labute approximate surface area is 103 Å². The van der Waals surface area contributed by atoms with Crippen molar-refractivity contribution in [2.75, 3.05) is 18.4 Å². The maximum Gasteiger partial charge on any atom is 0.321 e. The second-order valence-corrected chi connectivity index (χ2v) is 4.62. The predicted octanol–water partition coefficient (Wildman–Crippen LogP) is 2.32. The molecule has 0 saturated carbocycles. The van der Waals surface area contributed by atoms with Gasteiger partial charge >= 0.3 is 6.03 Å². The van der Waals surface area contributed by atoms with Crippen molar-refractivity contribution in [2.45, 2.75) is 12.8 Å². The molecule has 0 bridgehead atoms. The van der Waals surface area contributed by atoms with Crippen LogP contribution in [0.5, 0.6) is 0 Å². The molecule has 88 valence electrons. The normalized spacial score (nSPS) is 15.4. The van der Waals surface area contributed by atoms with Crippen LogP contribution >= 0.6 is 11.7 Å². The molecule has 2 aromatic rings. The van der Waals surface area contributed by atoms with Gasteiger partial charge in [0.25, 0.3) is 0 Å². The molecule has 17 heavy (non-hydrogen) atoms. The van der Waals surface area contributed by atoms with Gasteiger partial charge in [0.1, 0.15) is 11.0 Å². The lowest BCUT2D eigenvalue weighted by Gasteiger charge is -2.15. The fourth-order valence-corrected chi connectivity index (χ4v) is 2.50. The third kappa shape index (κ3) is 2.08. The molecule has 5 nitrogen and oxygen atoms in total. The third-order valence-corrected chi connectivity index (χ3v) is 3.45. The molecule has 2 heterocycles. The number of nitrogens with one attached hydrogen (secondary N) is 1. The Morgan fingerprint density at radius 1 is 1.24 bits per heavy atom. The highest BCUT2D eigenvalue weighted by molar-refractivity contribution is 7.00. The number of urea groups is 1. The van der Waals surface area contributed by atoms with Crippen LogP contribution in [-0.2, 0) is 0 Å². The van der Waals surface area contributed by atoms with Gasteiger partial charge in [0, 0.05) is 18.8 Å². The van der Waals surface area contributed by atoms with Gasteiger partial charge in [-0.05, 0) is 31.0 Å². The van der Waals surface area contributed by atoms with E-state index in [-0.39, 0.29) is 6.03 Å². The standard InChI is InChI=1S/C11H12N4OS/c16-11(15-5-1-2-6-15)12-8-3-4-9-10(7-8)14-17-13-9/h3-4,7H,1-2,5-6H2,(H,12,16). The Morgan fingerprint density at radius 3 is 2.82 bits per heavy atom. The summed E-state index contributed by atoms with van der Waals surface area (Å²) in [5.74, 6) is 0. The summed E-state index contributed by atoms with van der Waals surface area (Å²) in [6, 6.07) is 5.56. The van der Waals surface area contributed by atoms with E-state index in [1.807, 2.05) is 23.1 Å². The number of fused-ring (bicyclic) bond motifs is 1. The topological polar surface area (TPSA) is 58.1 Å². The lowest BCUT2D eigenvalue weighted by molar-refractivity contribution is 0.222. The van der Waals surface area contributed by atoms with Crippen molar-refractivity contribution in [3.05, 3.63) is 18.2 Å². The first-order chi connectivity index (χ1) is 8.33. The average Bonchev–Trinajstić information content (AvgIpc) is 2.99. The highest BCUT2D eigenvalue weighted by Crippen LogP contribution is 2.18. The van der Waals surface area contributed by atoms with Gasteiger partial charge in [-0.25, -0.2) is 4.79 Å². The van der Waals surface area contributed by atoms with Crippen molar-refractivity contribution >= 4 is 34.5 Å². The molecule has 6 heteroatoms. The van der Waals surface area contributed by atoms with E-state index in [4.69, 9.17) is 0 Å². The fourth-order valence-electron chi connectivity index (χ4n) is 1.98. The summed E-state index contributed by atoms with van der Waals surface area (Å²) in [5, 5.41) is 2.89. The van der Waals surface area contributed by atoms with Crippen molar-refractivity contribution < 1.29 is 4.79 Å². The van der Waals surface area contributed by atoms with Gasteiger partial charge in [-0.15, -0.1) is 0 Å². The van der Waals surface area contributed by atoms with Crippen LogP contribution in [0.2, 0.25) is 0 Å². The smallest absolute Gasteiger partial charge is 0.321 e. The summed E-state index contributed by atoms with van der Waals surface area (Å²) in [6.45, 7) is 1.71. The molecule has 0 unspecified atom stereocenters. The van der Waals surface area contributed by atoms with Gasteiger partial charge in [-0.2, -0.15) is 8.75 Å². The number of carbonyl (C=O) groups excluding carboxylic acids is 1. The average molecular weight is 248 g/mol. The molecule has 1 aliphatic rings. The van der Waals surface area contributed by atoms with E-state index >= 15 is 0 Å². The fraction of sp³-hybridized carbons (Fsp3) is 0.364. The van der Waals surface area contributed by atoms with Crippen LogP contribution in [0.15, 0.2) is 18.2 Å². The SMILES string of the molecule is O=C(Nc1ccc2nsnc2c1)N1CCCC1. The van der Waals surface area contributed by atoms with Crippen molar-refractivity contribution in [3.8, 4) is 0 Å². The van der Waals surface area contributed by atoms with Crippen molar-refractivity contribution in [1.82, 2.24) is 13.6 Å². The Morgan fingerprint density at radius 2 is 2.00 bits per heavy atom. The zero-order valence-corrected chi connectivity index (χ0v) is 10.0. The van der Waals surface area contributed by atoms with E-state index in [1.165, 1.54) is 11.7 Å². The minimum atomic E-state index is -0.0231. The molecule has 0 spiro atoms. The van der Waals surface area contributed by atoms with E-state index in [2.05, 4.69) is 14.1 Å². The van der Waals surface area contributed by atoms with Crippen LogP contribution in [0.1, 0.15) is 12.8 Å². The van der Waals surface area contributed by atoms with Crippen LogP contribution in [-0.4, -0.2) is 32.8 Å². The molecular weight excluding hydrogens is 236 g/mol. The van der Waals surface area contributed by atoms with Crippen molar-refractivity contribution in [1.29, 1.82) is 0 Å². The molecule has 2 amide bonds. The molecule has 3 rings (SSSR count). The molecule has 0 radical (unpaired) electrons. The number of benzene rings is 1. The Hall–Kier alpha value is -1.69. The molecule has 1 aromatic heterocycles. The first-order valence-electron chi connectivity index (χ1n) is 5.61. The molecule has 1 aromatic carbocycles. The molecule has 1 N–H and O–H groups in total. The van der Waals surface area contributed by atoms with Crippen LogP contribution in [0.3, 0.4) is 0 Å². The number of aromatic nitrogens is 2.